The lowest BCUT2D eigenvalue weighted by Gasteiger charge is -2.22. The first-order valence-electron chi connectivity index (χ1n) is 7.90. The molecule has 1 amide bonds. The number of hydrogen-bond acceptors (Lipinski definition) is 3. The molecule has 0 radical (unpaired) electrons. The molecule has 0 saturated carbocycles. The third-order valence-corrected chi connectivity index (χ3v) is 5.52. The Hall–Kier alpha value is -1.89. The second kappa shape index (κ2) is 8.47. The maximum Gasteiger partial charge on any atom is 0.241 e. The maximum absolute atomic E-state index is 12.5. The summed E-state index contributed by atoms with van der Waals surface area (Å²) in [4.78, 5) is 12.6. The molecule has 0 aliphatic rings. The van der Waals surface area contributed by atoms with Crippen LogP contribution in [0.3, 0.4) is 0 Å². The minimum Gasteiger partial charge on any atom is -0.351 e. The van der Waals surface area contributed by atoms with Crippen molar-refractivity contribution in [3.8, 4) is 0 Å². The molecular formula is C18H21ClN2O3S. The van der Waals surface area contributed by atoms with Gasteiger partial charge in [0, 0.05) is 11.6 Å². The molecule has 7 heteroatoms. The third kappa shape index (κ3) is 5.29. The number of benzene rings is 2. The van der Waals surface area contributed by atoms with Gasteiger partial charge >= 0.3 is 0 Å². The highest BCUT2D eigenvalue weighted by molar-refractivity contribution is 7.89. The van der Waals surface area contributed by atoms with Gasteiger partial charge in [-0.2, -0.15) is 4.72 Å². The fraction of sp³-hybridized carbons (Fsp3) is 0.278. The molecule has 5 nitrogen and oxygen atoms in total. The summed E-state index contributed by atoms with van der Waals surface area (Å²) < 4.78 is 27.4. The molecule has 0 spiro atoms. The summed E-state index contributed by atoms with van der Waals surface area (Å²) in [6.45, 7) is 3.80. The van der Waals surface area contributed by atoms with Crippen LogP contribution in [0.4, 0.5) is 0 Å². The standard InChI is InChI=1S/C18H21ClN2O3S/c1-13(2)17(21-25(23,24)15-9-4-3-5-10-15)18(22)20-12-14-8-6-7-11-16(14)19/h3-11,13,17,21H,12H2,1-2H3,(H,20,22)/t17-/m0/s1. The van der Waals surface area contributed by atoms with Crippen LogP contribution < -0.4 is 10.0 Å². The molecule has 2 rings (SSSR count). The van der Waals surface area contributed by atoms with Gasteiger partial charge in [-0.1, -0.05) is 61.8 Å². The molecule has 2 aromatic rings. The Morgan fingerprint density at radius 1 is 1.04 bits per heavy atom. The Labute approximate surface area is 153 Å². The number of rotatable bonds is 7. The van der Waals surface area contributed by atoms with Crippen molar-refractivity contribution in [2.24, 2.45) is 5.92 Å². The van der Waals surface area contributed by atoms with Crippen LogP contribution >= 0.6 is 11.6 Å². The van der Waals surface area contributed by atoms with Gasteiger partial charge in [0.2, 0.25) is 15.9 Å². The molecule has 0 bridgehead atoms. The van der Waals surface area contributed by atoms with Crippen LogP contribution in [-0.4, -0.2) is 20.4 Å². The minimum atomic E-state index is -3.78. The van der Waals surface area contributed by atoms with Crippen LogP contribution in [-0.2, 0) is 21.4 Å². The zero-order valence-electron chi connectivity index (χ0n) is 14.1. The molecule has 1 atom stereocenters. The van der Waals surface area contributed by atoms with Crippen molar-refractivity contribution in [2.75, 3.05) is 0 Å². The molecule has 25 heavy (non-hydrogen) atoms. The van der Waals surface area contributed by atoms with Crippen LogP contribution in [0.2, 0.25) is 5.02 Å². The van der Waals surface area contributed by atoms with E-state index >= 15 is 0 Å². The Bertz CT molecular complexity index is 823. The highest BCUT2D eigenvalue weighted by Crippen LogP contribution is 2.15. The van der Waals surface area contributed by atoms with E-state index in [0.29, 0.717) is 5.02 Å². The molecule has 2 N–H and O–H groups in total. The smallest absolute Gasteiger partial charge is 0.241 e. The van der Waals surface area contributed by atoms with Crippen LogP contribution in [0.5, 0.6) is 0 Å². The Morgan fingerprint density at radius 2 is 1.64 bits per heavy atom. The van der Waals surface area contributed by atoms with E-state index in [1.165, 1.54) is 12.1 Å². The van der Waals surface area contributed by atoms with Crippen LogP contribution in [0.1, 0.15) is 19.4 Å². The summed E-state index contributed by atoms with van der Waals surface area (Å²) in [7, 11) is -3.78. The number of nitrogens with one attached hydrogen (secondary N) is 2. The van der Waals surface area contributed by atoms with E-state index < -0.39 is 22.0 Å². The molecule has 0 unspecified atom stereocenters. The molecular weight excluding hydrogens is 360 g/mol. The number of carbonyl (C=O) groups excluding carboxylic acids is 1. The second-order valence-corrected chi connectivity index (χ2v) is 8.09. The first kappa shape index (κ1) is 19.4. The summed E-state index contributed by atoms with van der Waals surface area (Å²) in [6, 6.07) is 14.3. The highest BCUT2D eigenvalue weighted by atomic mass is 35.5. The summed E-state index contributed by atoms with van der Waals surface area (Å²) in [5.41, 5.74) is 0.769. The molecule has 0 aliphatic carbocycles. The van der Waals surface area contributed by atoms with E-state index in [2.05, 4.69) is 10.0 Å². The van der Waals surface area contributed by atoms with Crippen molar-refractivity contribution in [2.45, 2.75) is 31.3 Å². The predicted molar refractivity (Wildman–Crippen MR) is 98.7 cm³/mol. The Morgan fingerprint density at radius 3 is 2.24 bits per heavy atom. The first-order chi connectivity index (χ1) is 11.8. The van der Waals surface area contributed by atoms with E-state index in [-0.39, 0.29) is 17.4 Å². The van der Waals surface area contributed by atoms with Crippen LogP contribution in [0.15, 0.2) is 59.5 Å². The number of amides is 1. The van der Waals surface area contributed by atoms with Crippen molar-refractivity contribution in [1.29, 1.82) is 0 Å². The predicted octanol–water partition coefficient (Wildman–Crippen LogP) is 2.96. The molecule has 134 valence electrons. The van der Waals surface area contributed by atoms with E-state index in [0.717, 1.165) is 5.56 Å². The van der Waals surface area contributed by atoms with E-state index in [1.807, 2.05) is 6.07 Å². The number of hydrogen-bond donors (Lipinski definition) is 2. The number of sulfonamides is 1. The van der Waals surface area contributed by atoms with E-state index in [4.69, 9.17) is 11.6 Å². The van der Waals surface area contributed by atoms with Gasteiger partial charge in [-0.15, -0.1) is 0 Å². The largest absolute Gasteiger partial charge is 0.351 e. The van der Waals surface area contributed by atoms with E-state index in [1.54, 1.807) is 50.2 Å². The summed E-state index contributed by atoms with van der Waals surface area (Å²) in [6.07, 6.45) is 0. The van der Waals surface area contributed by atoms with Gasteiger partial charge in [0.15, 0.2) is 0 Å². The van der Waals surface area contributed by atoms with Crippen LogP contribution in [0.25, 0.3) is 0 Å². The normalized spacial score (nSPS) is 12.8. The maximum atomic E-state index is 12.5. The number of halogens is 1. The van der Waals surface area contributed by atoms with Gasteiger partial charge in [-0.3, -0.25) is 4.79 Å². The first-order valence-corrected chi connectivity index (χ1v) is 9.76. The molecule has 0 fully saturated rings. The van der Waals surface area contributed by atoms with Gasteiger partial charge in [0.05, 0.1) is 4.90 Å². The molecule has 2 aromatic carbocycles. The molecule has 0 heterocycles. The monoisotopic (exact) mass is 380 g/mol. The molecule has 0 aliphatic heterocycles. The minimum absolute atomic E-state index is 0.125. The fourth-order valence-corrected chi connectivity index (χ4v) is 3.83. The quantitative estimate of drug-likeness (QED) is 0.775. The average molecular weight is 381 g/mol. The zero-order valence-corrected chi connectivity index (χ0v) is 15.6. The van der Waals surface area contributed by atoms with Crippen LogP contribution in [0, 0.1) is 5.92 Å². The summed E-state index contributed by atoms with van der Waals surface area (Å²) in [5.74, 6) is -0.612. The van der Waals surface area contributed by atoms with Crippen molar-refractivity contribution in [1.82, 2.24) is 10.0 Å². The van der Waals surface area contributed by atoms with Crippen molar-refractivity contribution >= 4 is 27.5 Å². The average Bonchev–Trinajstić information content (AvgIpc) is 2.59. The van der Waals surface area contributed by atoms with Gasteiger partial charge < -0.3 is 5.32 Å². The van der Waals surface area contributed by atoms with Crippen molar-refractivity contribution in [3.63, 3.8) is 0 Å². The summed E-state index contributed by atoms with van der Waals surface area (Å²) in [5, 5.41) is 3.29. The van der Waals surface area contributed by atoms with Gasteiger partial charge in [0.25, 0.3) is 0 Å². The second-order valence-electron chi connectivity index (χ2n) is 5.97. The molecule has 0 aromatic heterocycles. The van der Waals surface area contributed by atoms with Crippen molar-refractivity contribution < 1.29 is 13.2 Å². The van der Waals surface area contributed by atoms with Crippen molar-refractivity contribution in [3.05, 3.63) is 65.2 Å². The van der Waals surface area contributed by atoms with Gasteiger partial charge in [-0.25, -0.2) is 8.42 Å². The van der Waals surface area contributed by atoms with Gasteiger partial charge in [-0.05, 0) is 29.7 Å². The SMILES string of the molecule is CC(C)[C@H](NS(=O)(=O)c1ccccc1)C(=O)NCc1ccccc1Cl. The fourth-order valence-electron chi connectivity index (χ4n) is 2.26. The lowest BCUT2D eigenvalue weighted by molar-refractivity contribution is -0.123. The third-order valence-electron chi connectivity index (χ3n) is 3.70. The lowest BCUT2D eigenvalue weighted by atomic mass is 10.0. The topological polar surface area (TPSA) is 75.3 Å². The zero-order chi connectivity index (χ0) is 18.4. The van der Waals surface area contributed by atoms with E-state index in [9.17, 15) is 13.2 Å². The molecule has 0 saturated heterocycles. The van der Waals surface area contributed by atoms with Gasteiger partial charge in [0.1, 0.15) is 6.04 Å². The lowest BCUT2D eigenvalue weighted by Crippen LogP contribution is -2.49. The number of carbonyl (C=O) groups is 1. The highest BCUT2D eigenvalue weighted by Gasteiger charge is 2.28. The summed E-state index contributed by atoms with van der Waals surface area (Å²) >= 11 is 6.07. The Balaban J connectivity index is 2.10. The Kier molecular flexibility index (Phi) is 6.58.